The van der Waals surface area contributed by atoms with Crippen molar-refractivity contribution in [3.63, 3.8) is 0 Å². The first-order valence-electron chi connectivity index (χ1n) is 6.22. The van der Waals surface area contributed by atoms with Gasteiger partial charge < -0.3 is 20.1 Å². The predicted octanol–water partition coefficient (Wildman–Crippen LogP) is 1.06. The van der Waals surface area contributed by atoms with Crippen LogP contribution in [0.25, 0.3) is 0 Å². The molecular weight excluding hydrogens is 236 g/mol. The summed E-state index contributed by atoms with van der Waals surface area (Å²) in [6.45, 7) is 4.54. The number of nitrogens with one attached hydrogen (secondary N) is 1. The summed E-state index contributed by atoms with van der Waals surface area (Å²) in [7, 11) is 1.61. The molecule has 1 aliphatic rings. The Kier molecular flexibility index (Phi) is 4.95. The number of carbonyl (C=O) groups excluding carboxylic acids is 1. The molecule has 1 rings (SSSR count). The molecule has 0 aliphatic carbocycles. The zero-order valence-corrected chi connectivity index (χ0v) is 11.2. The van der Waals surface area contributed by atoms with Gasteiger partial charge in [0, 0.05) is 26.3 Å². The van der Waals surface area contributed by atoms with Crippen LogP contribution in [0, 0.1) is 0 Å². The maximum absolute atomic E-state index is 12.0. The number of carbonyl (C=O) groups is 2. The largest absolute Gasteiger partial charge is 0.480 e. The van der Waals surface area contributed by atoms with Gasteiger partial charge in [-0.25, -0.2) is 9.59 Å². The van der Waals surface area contributed by atoms with E-state index in [0.717, 1.165) is 6.42 Å². The predicted molar refractivity (Wildman–Crippen MR) is 66.5 cm³/mol. The minimum atomic E-state index is -1.08. The van der Waals surface area contributed by atoms with Crippen molar-refractivity contribution in [1.82, 2.24) is 10.2 Å². The van der Waals surface area contributed by atoms with Gasteiger partial charge in [0.2, 0.25) is 0 Å². The molecule has 0 aromatic carbocycles. The summed E-state index contributed by atoms with van der Waals surface area (Å²) in [5.74, 6) is -0.945. The Morgan fingerprint density at radius 3 is 2.78 bits per heavy atom. The standard InChI is InChI=1S/C12H22N2O4/c1-9(5-8-18-3)13-11(17)14-7-4-6-12(14,2)10(15)16/h9H,4-8H2,1-3H3,(H,13,17)(H,15,16). The highest BCUT2D eigenvalue weighted by Gasteiger charge is 2.46. The number of carboxylic acid groups (broad SMARTS) is 1. The molecule has 0 bridgehead atoms. The van der Waals surface area contributed by atoms with Gasteiger partial charge in [0.1, 0.15) is 5.54 Å². The van der Waals surface area contributed by atoms with E-state index in [9.17, 15) is 14.7 Å². The highest BCUT2D eigenvalue weighted by Crippen LogP contribution is 2.29. The van der Waals surface area contributed by atoms with Crippen LogP contribution in [-0.4, -0.2) is 53.8 Å². The number of aliphatic carboxylic acids is 1. The Bertz CT molecular complexity index is 321. The first-order valence-corrected chi connectivity index (χ1v) is 6.22. The van der Waals surface area contributed by atoms with E-state index in [1.807, 2.05) is 6.92 Å². The molecule has 0 saturated carbocycles. The fraction of sp³-hybridized carbons (Fsp3) is 0.833. The van der Waals surface area contributed by atoms with Crippen LogP contribution in [0.2, 0.25) is 0 Å². The van der Waals surface area contributed by atoms with E-state index in [-0.39, 0.29) is 12.1 Å². The molecule has 0 radical (unpaired) electrons. The van der Waals surface area contributed by atoms with Crippen molar-refractivity contribution in [3.05, 3.63) is 0 Å². The third kappa shape index (κ3) is 3.13. The van der Waals surface area contributed by atoms with Crippen LogP contribution in [0.4, 0.5) is 4.79 Å². The molecule has 6 nitrogen and oxygen atoms in total. The van der Waals surface area contributed by atoms with Crippen LogP contribution < -0.4 is 5.32 Å². The van der Waals surface area contributed by atoms with Crippen LogP contribution in [0.1, 0.15) is 33.1 Å². The van der Waals surface area contributed by atoms with E-state index >= 15 is 0 Å². The molecular formula is C12H22N2O4. The van der Waals surface area contributed by atoms with Gasteiger partial charge in [0.25, 0.3) is 0 Å². The summed E-state index contributed by atoms with van der Waals surface area (Å²) in [6, 6.07) is -0.336. The third-order valence-corrected chi connectivity index (χ3v) is 3.47. The average molecular weight is 258 g/mol. The Balaban J connectivity index is 2.58. The summed E-state index contributed by atoms with van der Waals surface area (Å²) in [5.41, 5.74) is -1.08. The van der Waals surface area contributed by atoms with Crippen molar-refractivity contribution in [1.29, 1.82) is 0 Å². The van der Waals surface area contributed by atoms with Gasteiger partial charge >= 0.3 is 12.0 Å². The number of carboxylic acids is 1. The maximum Gasteiger partial charge on any atom is 0.329 e. The lowest BCUT2D eigenvalue weighted by molar-refractivity contribution is -0.147. The molecule has 1 heterocycles. The molecule has 1 aliphatic heterocycles. The fourth-order valence-electron chi connectivity index (χ4n) is 2.17. The highest BCUT2D eigenvalue weighted by molar-refractivity contribution is 5.86. The second-order valence-corrected chi connectivity index (χ2v) is 4.97. The molecule has 6 heteroatoms. The summed E-state index contributed by atoms with van der Waals surface area (Å²) in [4.78, 5) is 24.7. The Hall–Kier alpha value is -1.30. The Morgan fingerprint density at radius 1 is 1.56 bits per heavy atom. The summed E-state index contributed by atoms with van der Waals surface area (Å²) >= 11 is 0. The van der Waals surface area contributed by atoms with E-state index in [0.29, 0.717) is 26.0 Å². The number of ether oxygens (including phenoxy) is 1. The third-order valence-electron chi connectivity index (χ3n) is 3.47. The molecule has 104 valence electrons. The van der Waals surface area contributed by atoms with E-state index in [1.54, 1.807) is 14.0 Å². The number of hydrogen-bond acceptors (Lipinski definition) is 3. The molecule has 2 atom stereocenters. The molecule has 0 aromatic heterocycles. The zero-order valence-electron chi connectivity index (χ0n) is 11.2. The normalized spacial score (nSPS) is 24.9. The van der Waals surface area contributed by atoms with Gasteiger partial charge in [-0.2, -0.15) is 0 Å². The van der Waals surface area contributed by atoms with Gasteiger partial charge in [0.15, 0.2) is 0 Å². The van der Waals surface area contributed by atoms with Crippen LogP contribution >= 0.6 is 0 Å². The highest BCUT2D eigenvalue weighted by atomic mass is 16.5. The van der Waals surface area contributed by atoms with Crippen molar-refractivity contribution in [3.8, 4) is 0 Å². The Labute approximate surface area is 107 Å². The Morgan fingerprint density at radius 2 is 2.22 bits per heavy atom. The summed E-state index contributed by atoms with van der Waals surface area (Å²) < 4.78 is 4.94. The lowest BCUT2D eigenvalue weighted by Gasteiger charge is -2.32. The number of urea groups is 1. The van der Waals surface area contributed by atoms with Crippen molar-refractivity contribution in [2.75, 3.05) is 20.3 Å². The molecule has 2 amide bonds. The molecule has 1 saturated heterocycles. The second kappa shape index (κ2) is 6.04. The smallest absolute Gasteiger partial charge is 0.329 e. The zero-order chi connectivity index (χ0) is 13.8. The second-order valence-electron chi connectivity index (χ2n) is 4.97. The average Bonchev–Trinajstić information content (AvgIpc) is 2.70. The van der Waals surface area contributed by atoms with Crippen molar-refractivity contribution in [2.45, 2.75) is 44.7 Å². The molecule has 0 aromatic rings. The van der Waals surface area contributed by atoms with Crippen LogP contribution in [-0.2, 0) is 9.53 Å². The molecule has 2 N–H and O–H groups in total. The fourth-order valence-corrected chi connectivity index (χ4v) is 2.17. The van der Waals surface area contributed by atoms with Crippen LogP contribution in [0.3, 0.4) is 0 Å². The number of amides is 2. The number of rotatable bonds is 5. The first kappa shape index (κ1) is 14.8. The van der Waals surface area contributed by atoms with E-state index in [4.69, 9.17) is 4.74 Å². The van der Waals surface area contributed by atoms with Gasteiger partial charge in [-0.1, -0.05) is 0 Å². The SMILES string of the molecule is COCCC(C)NC(=O)N1CCCC1(C)C(=O)O. The van der Waals surface area contributed by atoms with Gasteiger partial charge in [-0.15, -0.1) is 0 Å². The molecule has 18 heavy (non-hydrogen) atoms. The summed E-state index contributed by atoms with van der Waals surface area (Å²) in [5, 5.41) is 12.0. The van der Waals surface area contributed by atoms with Crippen molar-refractivity contribution in [2.24, 2.45) is 0 Å². The number of methoxy groups -OCH3 is 1. The minimum absolute atomic E-state index is 0.0314. The first-order chi connectivity index (χ1) is 8.41. The van der Waals surface area contributed by atoms with Crippen LogP contribution in [0.15, 0.2) is 0 Å². The van der Waals surface area contributed by atoms with Crippen LogP contribution in [0.5, 0.6) is 0 Å². The molecule has 1 fully saturated rings. The van der Waals surface area contributed by atoms with E-state index in [2.05, 4.69) is 5.32 Å². The van der Waals surface area contributed by atoms with Crippen molar-refractivity contribution >= 4 is 12.0 Å². The molecule has 0 spiro atoms. The van der Waals surface area contributed by atoms with E-state index < -0.39 is 11.5 Å². The van der Waals surface area contributed by atoms with Gasteiger partial charge in [0.05, 0.1) is 0 Å². The lowest BCUT2D eigenvalue weighted by atomic mass is 10.00. The number of likely N-dealkylation sites (tertiary alicyclic amines) is 1. The van der Waals surface area contributed by atoms with Crippen molar-refractivity contribution < 1.29 is 19.4 Å². The molecule has 2 unspecified atom stereocenters. The quantitative estimate of drug-likeness (QED) is 0.773. The number of hydrogen-bond donors (Lipinski definition) is 2. The summed E-state index contributed by atoms with van der Waals surface area (Å²) in [6.07, 6.45) is 1.94. The maximum atomic E-state index is 12.0. The minimum Gasteiger partial charge on any atom is -0.480 e. The van der Waals surface area contributed by atoms with Gasteiger partial charge in [-0.3, -0.25) is 0 Å². The number of nitrogens with zero attached hydrogens (tertiary/aromatic N) is 1. The monoisotopic (exact) mass is 258 g/mol. The van der Waals surface area contributed by atoms with E-state index in [1.165, 1.54) is 4.90 Å². The topological polar surface area (TPSA) is 78.9 Å². The lowest BCUT2D eigenvalue weighted by Crippen LogP contribution is -2.55. The van der Waals surface area contributed by atoms with Gasteiger partial charge in [-0.05, 0) is 33.1 Å².